The van der Waals surface area contributed by atoms with E-state index in [1.807, 2.05) is 44.2 Å². The number of aromatic hydroxyl groups is 1. The van der Waals surface area contributed by atoms with Crippen LogP contribution in [0.5, 0.6) is 5.75 Å². The molecule has 0 saturated heterocycles. The Morgan fingerprint density at radius 3 is 2.50 bits per heavy atom. The van der Waals surface area contributed by atoms with Gasteiger partial charge in [-0.2, -0.15) is 0 Å². The molecule has 0 fully saturated rings. The first kappa shape index (κ1) is 18.5. The molecular formula is C22H16Cl2N2O2. The fourth-order valence-corrected chi connectivity index (χ4v) is 3.56. The second-order valence-corrected chi connectivity index (χ2v) is 7.47. The van der Waals surface area contributed by atoms with E-state index in [4.69, 9.17) is 27.6 Å². The highest BCUT2D eigenvalue weighted by Gasteiger charge is 2.10. The van der Waals surface area contributed by atoms with Crippen LogP contribution in [0.3, 0.4) is 0 Å². The molecule has 4 rings (SSSR count). The summed E-state index contributed by atoms with van der Waals surface area (Å²) in [6.07, 6.45) is 1.51. The molecule has 0 aliphatic carbocycles. The lowest BCUT2D eigenvalue weighted by molar-refractivity contribution is 0.475. The number of phenolic OH excluding ortho intramolecular Hbond substituents is 1. The highest BCUT2D eigenvalue weighted by molar-refractivity contribution is 6.36. The summed E-state index contributed by atoms with van der Waals surface area (Å²) in [7, 11) is 0. The van der Waals surface area contributed by atoms with Crippen LogP contribution < -0.4 is 0 Å². The lowest BCUT2D eigenvalue weighted by Gasteiger charge is -2.02. The topological polar surface area (TPSA) is 58.6 Å². The number of halogens is 2. The van der Waals surface area contributed by atoms with Gasteiger partial charge in [0.2, 0.25) is 5.89 Å². The minimum Gasteiger partial charge on any atom is -0.506 e. The molecule has 0 atom stereocenters. The van der Waals surface area contributed by atoms with Gasteiger partial charge in [-0.1, -0.05) is 40.4 Å². The Morgan fingerprint density at radius 2 is 1.75 bits per heavy atom. The van der Waals surface area contributed by atoms with Crippen LogP contribution in [0, 0.1) is 13.8 Å². The number of aryl methyl sites for hydroxylation is 2. The zero-order valence-electron chi connectivity index (χ0n) is 15.2. The molecule has 4 aromatic rings. The number of aromatic nitrogens is 1. The fourth-order valence-electron chi connectivity index (χ4n) is 3.05. The molecule has 6 heteroatoms. The number of fused-ring (bicyclic) bond motifs is 1. The van der Waals surface area contributed by atoms with Crippen molar-refractivity contribution in [1.82, 2.24) is 4.98 Å². The van der Waals surface area contributed by atoms with E-state index < -0.39 is 0 Å². The van der Waals surface area contributed by atoms with Crippen molar-refractivity contribution >= 4 is 46.2 Å². The number of hydrogen-bond acceptors (Lipinski definition) is 4. The van der Waals surface area contributed by atoms with Crippen molar-refractivity contribution in [1.29, 1.82) is 0 Å². The molecule has 0 amide bonds. The number of hydrogen-bond donors (Lipinski definition) is 1. The zero-order valence-corrected chi connectivity index (χ0v) is 16.7. The standard InChI is InChI=1S/C22H16Cl2N2O2/c1-12-5-13(2)7-14(6-12)22-26-19-10-17(3-4-20(19)28-22)25-11-15-8-16(23)9-18(24)21(15)27/h3-11,27H,1-2H3. The first-order valence-electron chi connectivity index (χ1n) is 8.60. The number of oxazole rings is 1. The Morgan fingerprint density at radius 1 is 1.00 bits per heavy atom. The van der Waals surface area contributed by atoms with Gasteiger partial charge in [0.05, 0.1) is 10.7 Å². The van der Waals surface area contributed by atoms with Crippen molar-refractivity contribution in [3.63, 3.8) is 0 Å². The van der Waals surface area contributed by atoms with Gasteiger partial charge in [-0.05, 0) is 56.3 Å². The summed E-state index contributed by atoms with van der Waals surface area (Å²) in [6, 6.07) is 14.7. The van der Waals surface area contributed by atoms with Gasteiger partial charge in [0.25, 0.3) is 0 Å². The largest absolute Gasteiger partial charge is 0.506 e. The van der Waals surface area contributed by atoms with Crippen LogP contribution in [0.15, 0.2) is 57.9 Å². The maximum absolute atomic E-state index is 10.0. The summed E-state index contributed by atoms with van der Waals surface area (Å²) in [6.45, 7) is 4.09. The average Bonchev–Trinajstić information content (AvgIpc) is 3.06. The maximum atomic E-state index is 10.0. The average molecular weight is 411 g/mol. The molecule has 0 bridgehead atoms. The molecular weight excluding hydrogens is 395 g/mol. The van der Waals surface area contributed by atoms with Crippen LogP contribution in [0.4, 0.5) is 5.69 Å². The van der Waals surface area contributed by atoms with Crippen LogP contribution in [0.2, 0.25) is 10.0 Å². The van der Waals surface area contributed by atoms with E-state index in [1.54, 1.807) is 6.07 Å². The fraction of sp³-hybridized carbons (Fsp3) is 0.0909. The van der Waals surface area contributed by atoms with E-state index in [-0.39, 0.29) is 10.8 Å². The minimum atomic E-state index is -0.0607. The van der Waals surface area contributed by atoms with Gasteiger partial charge < -0.3 is 9.52 Å². The summed E-state index contributed by atoms with van der Waals surface area (Å²) in [4.78, 5) is 8.99. The minimum absolute atomic E-state index is 0.0607. The van der Waals surface area contributed by atoms with Crippen molar-refractivity contribution in [2.24, 2.45) is 4.99 Å². The molecule has 3 aromatic carbocycles. The second-order valence-electron chi connectivity index (χ2n) is 6.63. The highest BCUT2D eigenvalue weighted by Crippen LogP contribution is 2.31. The van der Waals surface area contributed by atoms with Gasteiger partial charge in [0.15, 0.2) is 5.58 Å². The molecule has 140 valence electrons. The molecule has 0 aliphatic rings. The van der Waals surface area contributed by atoms with Gasteiger partial charge in [0, 0.05) is 22.4 Å². The van der Waals surface area contributed by atoms with Crippen LogP contribution >= 0.6 is 23.2 Å². The summed E-state index contributed by atoms with van der Waals surface area (Å²) < 4.78 is 5.89. The third kappa shape index (κ3) is 3.75. The summed E-state index contributed by atoms with van der Waals surface area (Å²) in [5.74, 6) is 0.511. The number of rotatable bonds is 3. The first-order valence-corrected chi connectivity index (χ1v) is 9.36. The van der Waals surface area contributed by atoms with Crippen LogP contribution in [0.1, 0.15) is 16.7 Å². The van der Waals surface area contributed by atoms with Crippen molar-refractivity contribution in [3.8, 4) is 17.2 Å². The Balaban J connectivity index is 1.69. The predicted molar refractivity (Wildman–Crippen MR) is 114 cm³/mol. The quantitative estimate of drug-likeness (QED) is 0.374. The van der Waals surface area contributed by atoms with Crippen molar-refractivity contribution in [2.45, 2.75) is 13.8 Å². The van der Waals surface area contributed by atoms with Crippen LogP contribution in [-0.4, -0.2) is 16.3 Å². The summed E-state index contributed by atoms with van der Waals surface area (Å²) in [5, 5.41) is 10.6. The third-order valence-electron chi connectivity index (χ3n) is 4.25. The molecule has 0 spiro atoms. The highest BCUT2D eigenvalue weighted by atomic mass is 35.5. The Bertz CT molecular complexity index is 1210. The van der Waals surface area contributed by atoms with E-state index >= 15 is 0 Å². The Labute approximate surface area is 172 Å². The van der Waals surface area contributed by atoms with Crippen molar-refractivity contribution < 1.29 is 9.52 Å². The molecule has 1 heterocycles. The molecule has 0 aliphatic heterocycles. The summed E-state index contributed by atoms with van der Waals surface area (Å²) >= 11 is 11.9. The molecule has 0 saturated carbocycles. The van der Waals surface area contributed by atoms with Crippen LogP contribution in [0.25, 0.3) is 22.6 Å². The third-order valence-corrected chi connectivity index (χ3v) is 4.76. The van der Waals surface area contributed by atoms with E-state index in [0.717, 1.165) is 16.7 Å². The van der Waals surface area contributed by atoms with Crippen LogP contribution in [-0.2, 0) is 0 Å². The number of phenols is 1. The van der Waals surface area contributed by atoms with E-state index in [9.17, 15) is 5.11 Å². The molecule has 28 heavy (non-hydrogen) atoms. The molecule has 0 unspecified atom stereocenters. The first-order chi connectivity index (χ1) is 13.4. The molecule has 4 nitrogen and oxygen atoms in total. The second kappa shape index (κ2) is 7.30. The van der Waals surface area contributed by atoms with Crippen molar-refractivity contribution in [3.05, 3.63) is 75.3 Å². The van der Waals surface area contributed by atoms with Gasteiger partial charge in [-0.3, -0.25) is 4.99 Å². The van der Waals surface area contributed by atoms with Gasteiger partial charge in [0.1, 0.15) is 11.3 Å². The normalized spacial score (nSPS) is 11.6. The Hall–Kier alpha value is -2.82. The summed E-state index contributed by atoms with van der Waals surface area (Å²) in [5.41, 5.74) is 5.75. The molecule has 0 radical (unpaired) electrons. The lowest BCUT2D eigenvalue weighted by Crippen LogP contribution is -1.84. The number of nitrogens with zero attached hydrogens (tertiary/aromatic N) is 2. The van der Waals surface area contributed by atoms with E-state index in [1.165, 1.54) is 12.3 Å². The monoisotopic (exact) mass is 410 g/mol. The van der Waals surface area contributed by atoms with Crippen molar-refractivity contribution in [2.75, 3.05) is 0 Å². The number of aliphatic imine (C=N–C) groups is 1. The maximum Gasteiger partial charge on any atom is 0.227 e. The van der Waals surface area contributed by atoms with Gasteiger partial charge >= 0.3 is 0 Å². The van der Waals surface area contributed by atoms with Gasteiger partial charge in [-0.25, -0.2) is 4.98 Å². The Kier molecular flexibility index (Phi) is 4.84. The molecule has 1 aromatic heterocycles. The lowest BCUT2D eigenvalue weighted by atomic mass is 10.1. The smallest absolute Gasteiger partial charge is 0.227 e. The SMILES string of the molecule is Cc1cc(C)cc(-c2nc3cc(N=Cc4cc(Cl)cc(Cl)c4O)ccc3o2)c1. The van der Waals surface area contributed by atoms with Gasteiger partial charge in [-0.15, -0.1) is 0 Å². The van der Waals surface area contributed by atoms with E-state index in [2.05, 4.69) is 16.0 Å². The number of benzene rings is 3. The predicted octanol–water partition coefficient (Wildman–Crippen LogP) is 6.87. The molecule has 1 N–H and O–H groups in total. The van der Waals surface area contributed by atoms with E-state index in [0.29, 0.717) is 33.3 Å². The zero-order chi connectivity index (χ0) is 19.8.